The van der Waals surface area contributed by atoms with Crippen molar-refractivity contribution >= 4 is 46.5 Å². The molecule has 0 spiro atoms. The lowest BCUT2D eigenvalue weighted by molar-refractivity contribution is -0.115. The van der Waals surface area contributed by atoms with Crippen molar-refractivity contribution in [3.63, 3.8) is 0 Å². The summed E-state index contributed by atoms with van der Waals surface area (Å²) in [6, 6.07) is 5.91. The molecule has 1 aromatic carbocycles. The molecular formula is C17H18N6OS2. The maximum Gasteiger partial charge on any atom is 0.230 e. The molecule has 26 heavy (non-hydrogen) atoms. The molecule has 0 radical (unpaired) electrons. The molecule has 1 amide bonds. The molecule has 7 nitrogen and oxygen atoms in total. The van der Waals surface area contributed by atoms with E-state index in [4.69, 9.17) is 12.2 Å². The van der Waals surface area contributed by atoms with Crippen LogP contribution in [0, 0.1) is 25.5 Å². The number of benzene rings is 1. The number of carbonyl (C=O) groups is 1. The highest BCUT2D eigenvalue weighted by molar-refractivity contribution is 7.71. The molecule has 0 aliphatic heterocycles. The Bertz CT molecular complexity index is 1050. The van der Waals surface area contributed by atoms with Crippen LogP contribution in [-0.2, 0) is 4.79 Å². The molecule has 0 unspecified atom stereocenters. The zero-order valence-corrected chi connectivity index (χ0v) is 16.5. The number of aryl methyl sites for hydroxylation is 3. The van der Waals surface area contributed by atoms with Crippen LogP contribution >= 0.6 is 23.6 Å². The molecule has 2 heterocycles. The molecule has 0 aliphatic rings. The Kier molecular flexibility index (Phi) is 5.10. The molecule has 1 N–H and O–H groups in total. The minimum Gasteiger partial charge on any atom is -0.274 e. The third kappa shape index (κ3) is 3.63. The summed E-state index contributed by atoms with van der Waals surface area (Å²) in [5.74, 6) is 0.557. The topological polar surface area (TPSA) is 79.2 Å². The van der Waals surface area contributed by atoms with Crippen molar-refractivity contribution in [2.75, 3.05) is 4.90 Å². The van der Waals surface area contributed by atoms with Gasteiger partial charge in [0.15, 0.2) is 5.13 Å². The first-order valence-corrected chi connectivity index (χ1v) is 9.17. The lowest BCUT2D eigenvalue weighted by Gasteiger charge is -2.19. The monoisotopic (exact) mass is 386 g/mol. The van der Waals surface area contributed by atoms with Crippen LogP contribution in [0.5, 0.6) is 0 Å². The van der Waals surface area contributed by atoms with E-state index in [1.54, 1.807) is 18.0 Å². The van der Waals surface area contributed by atoms with E-state index >= 15 is 0 Å². The van der Waals surface area contributed by atoms with E-state index < -0.39 is 0 Å². The van der Waals surface area contributed by atoms with Crippen LogP contribution in [-0.4, -0.2) is 32.0 Å². The smallest absolute Gasteiger partial charge is 0.230 e. The lowest BCUT2D eigenvalue weighted by Crippen LogP contribution is -2.22. The first-order chi connectivity index (χ1) is 12.4. The van der Waals surface area contributed by atoms with Crippen LogP contribution in [0.3, 0.4) is 0 Å². The number of anilines is 2. The number of thiazole rings is 1. The van der Waals surface area contributed by atoms with Gasteiger partial charge in [0.2, 0.25) is 10.7 Å². The van der Waals surface area contributed by atoms with Gasteiger partial charge in [0.1, 0.15) is 5.82 Å². The predicted molar refractivity (Wildman–Crippen MR) is 106 cm³/mol. The minimum absolute atomic E-state index is 0.0982. The molecule has 134 valence electrons. The number of amides is 1. The number of hydrogen-bond acceptors (Lipinski definition) is 6. The van der Waals surface area contributed by atoms with Crippen molar-refractivity contribution in [2.24, 2.45) is 5.10 Å². The van der Waals surface area contributed by atoms with E-state index in [2.05, 4.69) is 20.3 Å². The first-order valence-electron chi connectivity index (χ1n) is 7.88. The number of aromatic nitrogens is 4. The van der Waals surface area contributed by atoms with Gasteiger partial charge < -0.3 is 0 Å². The summed E-state index contributed by atoms with van der Waals surface area (Å²) in [4.78, 5) is 18.3. The van der Waals surface area contributed by atoms with Crippen LogP contribution in [0.2, 0.25) is 0 Å². The van der Waals surface area contributed by atoms with Crippen LogP contribution in [0.4, 0.5) is 10.8 Å². The van der Waals surface area contributed by atoms with Crippen molar-refractivity contribution in [3.05, 3.63) is 51.0 Å². The Morgan fingerprint density at radius 3 is 2.73 bits per heavy atom. The van der Waals surface area contributed by atoms with E-state index in [9.17, 15) is 4.79 Å². The van der Waals surface area contributed by atoms with Crippen molar-refractivity contribution in [1.82, 2.24) is 19.9 Å². The lowest BCUT2D eigenvalue weighted by atomic mass is 10.1. The molecular weight excluding hydrogens is 368 g/mol. The first kappa shape index (κ1) is 18.2. The fourth-order valence-electron chi connectivity index (χ4n) is 2.35. The second-order valence-corrected chi connectivity index (χ2v) is 7.03. The zero-order chi connectivity index (χ0) is 18.8. The summed E-state index contributed by atoms with van der Waals surface area (Å²) in [6.45, 7) is 7.39. The van der Waals surface area contributed by atoms with Crippen molar-refractivity contribution in [1.29, 1.82) is 0 Å². The normalized spacial score (nSPS) is 11.2. The van der Waals surface area contributed by atoms with Crippen LogP contribution in [0.25, 0.3) is 0 Å². The number of nitrogens with zero attached hydrogens (tertiary/aromatic N) is 5. The third-order valence-electron chi connectivity index (χ3n) is 3.88. The number of rotatable bonds is 4. The molecule has 0 bridgehead atoms. The molecule has 2 aromatic heterocycles. The Labute approximate surface area is 160 Å². The van der Waals surface area contributed by atoms with Gasteiger partial charge in [-0.3, -0.25) is 14.8 Å². The van der Waals surface area contributed by atoms with Gasteiger partial charge >= 0.3 is 0 Å². The average Bonchev–Trinajstić information content (AvgIpc) is 3.16. The van der Waals surface area contributed by atoms with Gasteiger partial charge in [0.05, 0.1) is 17.6 Å². The van der Waals surface area contributed by atoms with Crippen molar-refractivity contribution < 1.29 is 4.79 Å². The predicted octanol–water partition coefficient (Wildman–Crippen LogP) is 3.89. The second kappa shape index (κ2) is 7.30. The van der Waals surface area contributed by atoms with Gasteiger partial charge in [-0.25, -0.2) is 4.98 Å². The largest absolute Gasteiger partial charge is 0.274 e. The summed E-state index contributed by atoms with van der Waals surface area (Å²) >= 11 is 6.50. The molecule has 0 atom stereocenters. The second-order valence-electron chi connectivity index (χ2n) is 5.81. The van der Waals surface area contributed by atoms with Gasteiger partial charge in [-0.05, 0) is 56.2 Å². The third-order valence-corrected chi connectivity index (χ3v) is 4.99. The number of hydrogen-bond donors (Lipinski definition) is 1. The molecule has 3 aromatic rings. The summed E-state index contributed by atoms with van der Waals surface area (Å²) in [7, 11) is 0. The number of nitrogens with one attached hydrogen (secondary N) is 1. The molecule has 0 saturated heterocycles. The van der Waals surface area contributed by atoms with Crippen molar-refractivity contribution in [3.8, 4) is 0 Å². The molecule has 0 saturated carbocycles. The summed E-state index contributed by atoms with van der Waals surface area (Å²) in [5.41, 5.74) is 3.74. The van der Waals surface area contributed by atoms with E-state index in [-0.39, 0.29) is 5.91 Å². The summed E-state index contributed by atoms with van der Waals surface area (Å²) in [5, 5.41) is 13.4. The highest BCUT2D eigenvalue weighted by Crippen LogP contribution is 2.29. The molecule has 9 heteroatoms. The van der Waals surface area contributed by atoms with E-state index in [0.29, 0.717) is 21.4 Å². The summed E-state index contributed by atoms with van der Waals surface area (Å²) in [6.07, 6.45) is 1.59. The Balaban J connectivity index is 1.92. The quantitative estimate of drug-likeness (QED) is 0.545. The zero-order valence-electron chi connectivity index (χ0n) is 14.8. The van der Waals surface area contributed by atoms with E-state index in [1.165, 1.54) is 28.5 Å². The van der Waals surface area contributed by atoms with Crippen molar-refractivity contribution in [2.45, 2.75) is 27.7 Å². The standard InChI is InChI=1S/C17H18N6OS2/c1-10-5-6-15(7-11(10)2)22(13(4)24)17-19-14(9-26-17)8-18-23-12(3)20-21-16(23)25/h5-9H,1-4H3,(H,21,25)/b18-8-. The molecule has 0 fully saturated rings. The average molecular weight is 387 g/mol. The van der Waals surface area contributed by atoms with E-state index in [1.807, 2.05) is 37.4 Å². The number of carbonyl (C=O) groups excluding carboxylic acids is 1. The van der Waals surface area contributed by atoms with Gasteiger partial charge in [0, 0.05) is 12.3 Å². The highest BCUT2D eigenvalue weighted by atomic mass is 32.1. The van der Waals surface area contributed by atoms with Gasteiger partial charge in [-0.1, -0.05) is 6.07 Å². The van der Waals surface area contributed by atoms with Gasteiger partial charge in [-0.15, -0.1) is 11.3 Å². The molecule has 3 rings (SSSR count). The SMILES string of the molecule is CC(=O)N(c1ccc(C)c(C)c1)c1nc(/C=N\n2c(C)n[nH]c2=S)cs1. The fourth-order valence-corrected chi connectivity index (χ4v) is 3.42. The Hall–Kier alpha value is -2.65. The van der Waals surface area contributed by atoms with Gasteiger partial charge in [0.25, 0.3) is 0 Å². The van der Waals surface area contributed by atoms with Crippen LogP contribution < -0.4 is 4.90 Å². The maximum atomic E-state index is 12.2. The minimum atomic E-state index is -0.0982. The highest BCUT2D eigenvalue weighted by Gasteiger charge is 2.18. The Morgan fingerprint density at radius 2 is 2.12 bits per heavy atom. The van der Waals surface area contributed by atoms with Crippen LogP contribution in [0.15, 0.2) is 28.7 Å². The summed E-state index contributed by atoms with van der Waals surface area (Å²) < 4.78 is 1.93. The number of H-pyrrole nitrogens is 1. The van der Waals surface area contributed by atoms with Gasteiger partial charge in [-0.2, -0.15) is 14.9 Å². The number of aromatic amines is 1. The fraction of sp³-hybridized carbons (Fsp3) is 0.235. The van der Waals surface area contributed by atoms with E-state index in [0.717, 1.165) is 11.3 Å². The Morgan fingerprint density at radius 1 is 1.35 bits per heavy atom. The maximum absolute atomic E-state index is 12.2. The molecule has 0 aliphatic carbocycles. The van der Waals surface area contributed by atoms with Crippen LogP contribution in [0.1, 0.15) is 29.6 Å².